The van der Waals surface area contributed by atoms with E-state index in [1.165, 1.54) is 0 Å². The quantitative estimate of drug-likeness (QED) is 0.241. The van der Waals surface area contributed by atoms with Crippen molar-refractivity contribution in [2.45, 2.75) is 44.6 Å². The number of carbonyl (C=O) groups excluding carboxylic acids is 1. The van der Waals surface area contributed by atoms with Crippen LogP contribution in [0.4, 0.5) is 4.39 Å². The second-order valence-corrected chi connectivity index (χ2v) is 11.2. The highest BCUT2D eigenvalue weighted by Gasteiger charge is 2.25. The minimum absolute atomic E-state index is 0.0936. The number of allylic oxidation sites excluding steroid dienone is 1. The molecule has 206 valence electrons. The molecule has 1 saturated heterocycles. The Bertz CT molecular complexity index is 1460. The average molecular weight is 578 g/mol. The highest BCUT2D eigenvalue weighted by atomic mass is 35.5. The number of halogens is 3. The molecule has 1 fully saturated rings. The average Bonchev–Trinajstić information content (AvgIpc) is 3.31. The lowest BCUT2D eigenvalue weighted by molar-refractivity contribution is 0.0997. The maximum Gasteiger partial charge on any atom is 0.176 e. The van der Waals surface area contributed by atoms with Gasteiger partial charge in [-0.15, -0.1) is 0 Å². The molecule has 7 heteroatoms. The van der Waals surface area contributed by atoms with E-state index in [1.807, 2.05) is 48.5 Å². The molecular formula is C33H31Cl2FN2O2. The summed E-state index contributed by atoms with van der Waals surface area (Å²) in [6.45, 7) is 2.22. The molecule has 1 heterocycles. The Morgan fingerprint density at radius 2 is 1.85 bits per heavy atom. The maximum atomic E-state index is 12.6. The number of carbonyl (C=O) groups is 1. The third-order valence-electron chi connectivity index (χ3n) is 7.65. The van der Waals surface area contributed by atoms with Crippen molar-refractivity contribution in [3.63, 3.8) is 0 Å². The lowest BCUT2D eigenvalue weighted by atomic mass is 9.87. The molecular weight excluding hydrogens is 546 g/mol. The predicted molar refractivity (Wildman–Crippen MR) is 159 cm³/mol. The number of aryl methyl sites for hydroxylation is 1. The number of alkyl halides is 1. The SMILES string of the molecule is N#CCC(=O)c1ccc2c(c1)CCCC(c1ccc(Cl)cc1Cl)=C2c1ccc(OC2CCN(CCCF)C2)cc1. The van der Waals surface area contributed by atoms with Crippen LogP contribution in [-0.2, 0) is 6.42 Å². The summed E-state index contributed by atoms with van der Waals surface area (Å²) in [7, 11) is 0. The van der Waals surface area contributed by atoms with E-state index >= 15 is 0 Å². The molecule has 1 aliphatic carbocycles. The number of ketones is 1. The molecule has 4 nitrogen and oxygen atoms in total. The van der Waals surface area contributed by atoms with Crippen molar-refractivity contribution < 1.29 is 13.9 Å². The summed E-state index contributed by atoms with van der Waals surface area (Å²) in [5.41, 5.74) is 6.87. The first-order valence-electron chi connectivity index (χ1n) is 13.7. The van der Waals surface area contributed by atoms with E-state index in [1.54, 1.807) is 6.07 Å². The topological polar surface area (TPSA) is 53.3 Å². The number of nitriles is 1. The molecule has 40 heavy (non-hydrogen) atoms. The van der Waals surface area contributed by atoms with Crippen LogP contribution in [0.3, 0.4) is 0 Å². The van der Waals surface area contributed by atoms with Crippen molar-refractivity contribution in [1.82, 2.24) is 4.90 Å². The first-order valence-corrected chi connectivity index (χ1v) is 14.5. The highest BCUT2D eigenvalue weighted by molar-refractivity contribution is 6.36. The van der Waals surface area contributed by atoms with Crippen LogP contribution in [0.25, 0.3) is 11.1 Å². The summed E-state index contributed by atoms with van der Waals surface area (Å²) < 4.78 is 18.8. The second kappa shape index (κ2) is 13.0. The van der Waals surface area contributed by atoms with Gasteiger partial charge in [0.25, 0.3) is 0 Å². The van der Waals surface area contributed by atoms with Crippen molar-refractivity contribution >= 4 is 40.1 Å². The molecule has 1 unspecified atom stereocenters. The van der Waals surface area contributed by atoms with Crippen LogP contribution in [0.15, 0.2) is 60.7 Å². The van der Waals surface area contributed by atoms with Crippen LogP contribution in [0.5, 0.6) is 5.75 Å². The zero-order chi connectivity index (χ0) is 28.1. The van der Waals surface area contributed by atoms with Crippen molar-refractivity contribution in [2.75, 3.05) is 26.3 Å². The summed E-state index contributed by atoms with van der Waals surface area (Å²) in [6.07, 6.45) is 3.96. The van der Waals surface area contributed by atoms with Gasteiger partial charge in [0.2, 0.25) is 0 Å². The molecule has 3 aromatic rings. The lowest BCUT2D eigenvalue weighted by Gasteiger charge is -2.19. The highest BCUT2D eigenvalue weighted by Crippen LogP contribution is 2.42. The molecule has 1 atom stereocenters. The van der Waals surface area contributed by atoms with Gasteiger partial charge in [0, 0.05) is 35.2 Å². The van der Waals surface area contributed by atoms with Crippen LogP contribution >= 0.6 is 23.2 Å². The van der Waals surface area contributed by atoms with Gasteiger partial charge in [-0.25, -0.2) is 0 Å². The van der Waals surface area contributed by atoms with Crippen LogP contribution in [0, 0.1) is 11.3 Å². The number of likely N-dealkylation sites (tertiary alicyclic amines) is 1. The van der Waals surface area contributed by atoms with Crippen molar-refractivity contribution in [2.24, 2.45) is 0 Å². The molecule has 3 aromatic carbocycles. The summed E-state index contributed by atoms with van der Waals surface area (Å²) in [6, 6.07) is 21.5. The van der Waals surface area contributed by atoms with Gasteiger partial charge >= 0.3 is 0 Å². The van der Waals surface area contributed by atoms with Crippen LogP contribution in [0.1, 0.15) is 64.7 Å². The molecule has 0 radical (unpaired) electrons. The zero-order valence-corrected chi connectivity index (χ0v) is 23.8. The number of ether oxygens (including phenoxy) is 1. The Morgan fingerprint density at radius 1 is 1.05 bits per heavy atom. The number of hydrogen-bond acceptors (Lipinski definition) is 4. The number of hydrogen-bond donors (Lipinski definition) is 0. The lowest BCUT2D eigenvalue weighted by Crippen LogP contribution is -2.26. The fourth-order valence-electron chi connectivity index (χ4n) is 5.74. The minimum Gasteiger partial charge on any atom is -0.489 e. The Morgan fingerprint density at radius 3 is 2.60 bits per heavy atom. The smallest absolute Gasteiger partial charge is 0.176 e. The third-order valence-corrected chi connectivity index (χ3v) is 8.20. The summed E-state index contributed by atoms with van der Waals surface area (Å²) in [5.74, 6) is 0.636. The fourth-order valence-corrected chi connectivity index (χ4v) is 6.26. The Labute approximate surface area is 245 Å². The van der Waals surface area contributed by atoms with Gasteiger partial charge in [0.05, 0.1) is 19.2 Å². The van der Waals surface area contributed by atoms with E-state index in [-0.39, 0.29) is 25.0 Å². The van der Waals surface area contributed by atoms with Gasteiger partial charge in [-0.3, -0.25) is 14.1 Å². The minimum atomic E-state index is -0.289. The Hall–Kier alpha value is -3.17. The third kappa shape index (κ3) is 6.41. The van der Waals surface area contributed by atoms with Gasteiger partial charge < -0.3 is 4.74 Å². The molecule has 0 amide bonds. The summed E-state index contributed by atoms with van der Waals surface area (Å²) in [5, 5.41) is 10.2. The summed E-state index contributed by atoms with van der Waals surface area (Å²) >= 11 is 13.0. The summed E-state index contributed by atoms with van der Waals surface area (Å²) in [4.78, 5) is 14.7. The van der Waals surface area contributed by atoms with E-state index in [0.29, 0.717) is 22.0 Å². The normalized spacial score (nSPS) is 17.3. The number of nitrogens with zero attached hydrogens (tertiary/aromatic N) is 2. The molecule has 0 N–H and O–H groups in total. The standard InChI is InChI=1S/C33H31Cl2FN2O2/c34-25-8-12-29(31(35)20-25)30-4-1-3-23-19-24(32(39)13-16-37)7-11-28(23)33(30)22-5-9-26(10-6-22)40-27-14-18-38(21-27)17-2-15-36/h5-12,19-20,27H,1-4,13-15,17-18,21H2. The molecule has 0 saturated carbocycles. The first-order chi connectivity index (χ1) is 19.5. The maximum absolute atomic E-state index is 12.6. The first kappa shape index (κ1) is 28.4. The molecule has 0 bridgehead atoms. The Kier molecular flexibility index (Phi) is 9.22. The number of benzene rings is 3. The molecule has 0 aromatic heterocycles. The fraction of sp³-hybridized carbons (Fsp3) is 0.333. The van der Waals surface area contributed by atoms with E-state index in [9.17, 15) is 9.18 Å². The number of Topliss-reactive ketones (excluding diaryl/α,β-unsaturated/α-hetero) is 1. The van der Waals surface area contributed by atoms with E-state index in [0.717, 1.165) is 84.5 Å². The molecule has 2 aliphatic rings. The Balaban J connectivity index is 1.51. The van der Waals surface area contributed by atoms with Gasteiger partial charge in [-0.1, -0.05) is 53.5 Å². The van der Waals surface area contributed by atoms with Crippen molar-refractivity contribution in [3.05, 3.63) is 98.5 Å². The van der Waals surface area contributed by atoms with Gasteiger partial charge in [0.15, 0.2) is 5.78 Å². The second-order valence-electron chi connectivity index (χ2n) is 10.4. The van der Waals surface area contributed by atoms with Crippen molar-refractivity contribution in [1.29, 1.82) is 5.26 Å². The largest absolute Gasteiger partial charge is 0.489 e. The molecule has 1 aliphatic heterocycles. The molecule has 5 rings (SSSR count). The number of fused-ring (bicyclic) bond motifs is 1. The van der Waals surface area contributed by atoms with Gasteiger partial charge in [-0.2, -0.15) is 5.26 Å². The van der Waals surface area contributed by atoms with Crippen LogP contribution in [0.2, 0.25) is 10.0 Å². The predicted octanol–water partition coefficient (Wildman–Crippen LogP) is 8.20. The molecule has 0 spiro atoms. The van der Waals surface area contributed by atoms with E-state index < -0.39 is 0 Å². The van der Waals surface area contributed by atoms with Crippen molar-refractivity contribution in [3.8, 4) is 11.8 Å². The van der Waals surface area contributed by atoms with Gasteiger partial charge in [0.1, 0.15) is 11.9 Å². The van der Waals surface area contributed by atoms with Crippen LogP contribution in [-0.4, -0.2) is 43.1 Å². The number of rotatable bonds is 9. The van der Waals surface area contributed by atoms with Gasteiger partial charge in [-0.05, 0) is 95.8 Å². The van der Waals surface area contributed by atoms with E-state index in [4.69, 9.17) is 33.2 Å². The van der Waals surface area contributed by atoms with E-state index in [2.05, 4.69) is 17.0 Å². The monoisotopic (exact) mass is 576 g/mol. The van der Waals surface area contributed by atoms with Crippen LogP contribution < -0.4 is 4.74 Å². The zero-order valence-electron chi connectivity index (χ0n) is 22.3.